The Kier molecular flexibility index (Phi) is 4.78. The molecule has 114 valence electrons. The summed E-state index contributed by atoms with van der Waals surface area (Å²) in [6.07, 6.45) is 0.995. The molecular formula is C14H16BrClN2O3. The summed E-state index contributed by atoms with van der Waals surface area (Å²) in [6, 6.07) is 4.80. The van der Waals surface area contributed by atoms with Gasteiger partial charge in [-0.05, 0) is 47.0 Å². The lowest BCUT2D eigenvalue weighted by Gasteiger charge is -2.23. The number of rotatable bonds is 3. The smallest absolute Gasteiger partial charge is 0.321 e. The SMILES string of the molecule is CCC1(C(=O)O)CCN(C(=O)Nc2ccc(Cl)c(Br)c2)C1. The molecule has 1 aliphatic rings. The van der Waals surface area contributed by atoms with Crippen molar-refractivity contribution in [2.45, 2.75) is 19.8 Å². The van der Waals surface area contributed by atoms with Crippen molar-refractivity contribution in [3.8, 4) is 0 Å². The van der Waals surface area contributed by atoms with Gasteiger partial charge < -0.3 is 15.3 Å². The van der Waals surface area contributed by atoms with Crippen LogP contribution < -0.4 is 5.32 Å². The normalized spacial score (nSPS) is 21.4. The van der Waals surface area contributed by atoms with Crippen LogP contribution in [0.3, 0.4) is 0 Å². The summed E-state index contributed by atoms with van der Waals surface area (Å²) in [5.74, 6) is -0.838. The number of likely N-dealkylation sites (tertiary alicyclic amines) is 1. The van der Waals surface area contributed by atoms with Gasteiger partial charge in [0.2, 0.25) is 0 Å². The zero-order valence-corrected chi connectivity index (χ0v) is 13.9. The van der Waals surface area contributed by atoms with E-state index >= 15 is 0 Å². The highest BCUT2D eigenvalue weighted by molar-refractivity contribution is 9.10. The van der Waals surface area contributed by atoms with Gasteiger partial charge in [0.15, 0.2) is 0 Å². The van der Waals surface area contributed by atoms with E-state index < -0.39 is 11.4 Å². The van der Waals surface area contributed by atoms with Crippen molar-refractivity contribution in [2.24, 2.45) is 5.41 Å². The van der Waals surface area contributed by atoms with Crippen LogP contribution in [0, 0.1) is 5.41 Å². The van der Waals surface area contributed by atoms with Gasteiger partial charge >= 0.3 is 12.0 Å². The average Bonchev–Trinajstić information content (AvgIpc) is 2.89. The standard InChI is InChI=1S/C14H16BrClN2O3/c1-2-14(12(19)20)5-6-18(8-14)13(21)17-9-3-4-11(16)10(15)7-9/h3-4,7H,2,5-6,8H2,1H3,(H,17,21)(H,19,20). The van der Waals surface area contributed by atoms with E-state index in [0.717, 1.165) is 0 Å². The molecule has 1 heterocycles. The highest BCUT2D eigenvalue weighted by atomic mass is 79.9. The number of carbonyl (C=O) groups excluding carboxylic acids is 1. The van der Waals surface area contributed by atoms with E-state index in [0.29, 0.717) is 34.6 Å². The van der Waals surface area contributed by atoms with Gasteiger partial charge in [0.05, 0.1) is 10.4 Å². The van der Waals surface area contributed by atoms with Crippen LogP contribution in [0.5, 0.6) is 0 Å². The molecule has 1 aromatic carbocycles. The monoisotopic (exact) mass is 374 g/mol. The molecule has 1 unspecified atom stereocenters. The fourth-order valence-electron chi connectivity index (χ4n) is 2.44. The molecule has 1 aliphatic heterocycles. The zero-order valence-electron chi connectivity index (χ0n) is 11.5. The first-order valence-corrected chi connectivity index (χ1v) is 7.79. The highest BCUT2D eigenvalue weighted by Gasteiger charge is 2.44. The third-order valence-electron chi connectivity index (χ3n) is 3.94. The molecule has 21 heavy (non-hydrogen) atoms. The molecule has 2 amide bonds. The summed E-state index contributed by atoms with van der Waals surface area (Å²) in [7, 11) is 0. The minimum Gasteiger partial charge on any atom is -0.481 e. The van der Waals surface area contributed by atoms with Gasteiger partial charge in [-0.15, -0.1) is 0 Å². The Hall–Kier alpha value is -1.27. The zero-order chi connectivity index (χ0) is 15.6. The molecule has 0 saturated carbocycles. The number of carboxylic acids is 1. The largest absolute Gasteiger partial charge is 0.481 e. The molecule has 0 aromatic heterocycles. The minimum atomic E-state index is -0.838. The summed E-state index contributed by atoms with van der Waals surface area (Å²) in [5.41, 5.74) is -0.210. The van der Waals surface area contributed by atoms with Crippen molar-refractivity contribution in [3.05, 3.63) is 27.7 Å². The maximum absolute atomic E-state index is 12.2. The number of carbonyl (C=O) groups is 2. The summed E-state index contributed by atoms with van der Waals surface area (Å²) >= 11 is 9.19. The van der Waals surface area contributed by atoms with Crippen LogP contribution in [0.2, 0.25) is 5.02 Å². The van der Waals surface area contributed by atoms with Gasteiger partial charge in [-0.1, -0.05) is 18.5 Å². The van der Waals surface area contributed by atoms with Crippen LogP contribution in [0.15, 0.2) is 22.7 Å². The summed E-state index contributed by atoms with van der Waals surface area (Å²) in [6.45, 7) is 2.52. The molecule has 1 fully saturated rings. The molecule has 1 aromatic rings. The van der Waals surface area contributed by atoms with Crippen LogP contribution in [-0.4, -0.2) is 35.1 Å². The maximum Gasteiger partial charge on any atom is 0.321 e. The first-order chi connectivity index (χ1) is 9.88. The van der Waals surface area contributed by atoms with Crippen molar-refractivity contribution in [1.82, 2.24) is 4.90 Å². The van der Waals surface area contributed by atoms with E-state index in [-0.39, 0.29) is 12.6 Å². The van der Waals surface area contributed by atoms with Crippen LogP contribution in [0.1, 0.15) is 19.8 Å². The van der Waals surface area contributed by atoms with E-state index in [1.807, 2.05) is 6.92 Å². The van der Waals surface area contributed by atoms with Crippen LogP contribution >= 0.6 is 27.5 Å². The predicted molar refractivity (Wildman–Crippen MR) is 84.7 cm³/mol. The Balaban J connectivity index is 2.05. The molecule has 1 saturated heterocycles. The van der Waals surface area contributed by atoms with Crippen molar-refractivity contribution in [1.29, 1.82) is 0 Å². The first kappa shape index (κ1) is 16.1. The number of halogens is 2. The number of aliphatic carboxylic acids is 1. The van der Waals surface area contributed by atoms with Crippen LogP contribution in [0.25, 0.3) is 0 Å². The number of carboxylic acid groups (broad SMARTS) is 1. The average molecular weight is 376 g/mol. The summed E-state index contributed by atoms with van der Waals surface area (Å²) in [4.78, 5) is 25.1. The van der Waals surface area contributed by atoms with E-state index in [1.54, 1.807) is 23.1 Å². The van der Waals surface area contributed by atoms with Crippen molar-refractivity contribution in [3.63, 3.8) is 0 Å². The Morgan fingerprint density at radius 2 is 2.24 bits per heavy atom. The topological polar surface area (TPSA) is 69.6 Å². The predicted octanol–water partition coefficient (Wildman–Crippen LogP) is 3.82. The number of hydrogen-bond acceptors (Lipinski definition) is 2. The Morgan fingerprint density at radius 1 is 1.52 bits per heavy atom. The lowest BCUT2D eigenvalue weighted by molar-refractivity contribution is -0.148. The molecular weight excluding hydrogens is 360 g/mol. The third-order valence-corrected chi connectivity index (χ3v) is 5.16. The molecule has 1 atom stereocenters. The van der Waals surface area contributed by atoms with Crippen molar-refractivity contribution in [2.75, 3.05) is 18.4 Å². The minimum absolute atomic E-state index is 0.236. The van der Waals surface area contributed by atoms with Crippen LogP contribution in [-0.2, 0) is 4.79 Å². The molecule has 0 radical (unpaired) electrons. The Morgan fingerprint density at radius 3 is 2.76 bits per heavy atom. The lowest BCUT2D eigenvalue weighted by Crippen LogP contribution is -2.38. The highest BCUT2D eigenvalue weighted by Crippen LogP contribution is 2.34. The van der Waals surface area contributed by atoms with Crippen LogP contribution in [0.4, 0.5) is 10.5 Å². The third kappa shape index (κ3) is 3.32. The fraction of sp³-hybridized carbons (Fsp3) is 0.429. The molecule has 7 heteroatoms. The number of anilines is 1. The molecule has 0 spiro atoms. The van der Waals surface area contributed by atoms with Gasteiger partial charge in [-0.3, -0.25) is 4.79 Å². The summed E-state index contributed by atoms with van der Waals surface area (Å²) in [5, 5.41) is 12.7. The lowest BCUT2D eigenvalue weighted by atomic mass is 9.84. The second kappa shape index (κ2) is 6.23. The number of amides is 2. The molecule has 0 aliphatic carbocycles. The molecule has 2 N–H and O–H groups in total. The van der Waals surface area contributed by atoms with E-state index in [9.17, 15) is 14.7 Å². The maximum atomic E-state index is 12.2. The fourth-order valence-corrected chi connectivity index (χ4v) is 2.93. The van der Waals surface area contributed by atoms with Gasteiger partial charge in [-0.2, -0.15) is 0 Å². The number of benzene rings is 1. The molecule has 2 rings (SSSR count). The second-order valence-electron chi connectivity index (χ2n) is 5.17. The van der Waals surface area contributed by atoms with Crippen molar-refractivity contribution < 1.29 is 14.7 Å². The number of hydrogen-bond donors (Lipinski definition) is 2. The number of nitrogens with one attached hydrogen (secondary N) is 1. The first-order valence-electron chi connectivity index (χ1n) is 6.62. The quantitative estimate of drug-likeness (QED) is 0.844. The van der Waals surface area contributed by atoms with E-state index in [4.69, 9.17) is 11.6 Å². The molecule has 5 nitrogen and oxygen atoms in total. The van der Waals surface area contributed by atoms with Crippen molar-refractivity contribution >= 4 is 45.2 Å². The van der Waals surface area contributed by atoms with E-state index in [2.05, 4.69) is 21.2 Å². The van der Waals surface area contributed by atoms with Gasteiger partial charge in [0.25, 0.3) is 0 Å². The number of urea groups is 1. The Labute approximate surface area is 136 Å². The van der Waals surface area contributed by atoms with Gasteiger partial charge in [0, 0.05) is 23.2 Å². The number of nitrogens with zero attached hydrogens (tertiary/aromatic N) is 1. The molecule has 0 bridgehead atoms. The van der Waals surface area contributed by atoms with Gasteiger partial charge in [0.1, 0.15) is 0 Å². The summed E-state index contributed by atoms with van der Waals surface area (Å²) < 4.78 is 0.692. The van der Waals surface area contributed by atoms with E-state index in [1.165, 1.54) is 0 Å². The second-order valence-corrected chi connectivity index (χ2v) is 6.43. The Bertz CT molecular complexity index is 581. The van der Waals surface area contributed by atoms with Gasteiger partial charge in [-0.25, -0.2) is 4.79 Å².